The quantitative estimate of drug-likeness (QED) is 0.751. The maximum atomic E-state index is 4.32. The first-order valence-corrected chi connectivity index (χ1v) is 4.98. The topological polar surface area (TPSA) is 24.9 Å². The molecule has 0 aliphatic heterocycles. The molecule has 0 saturated heterocycles. The van der Waals surface area contributed by atoms with E-state index in [1.807, 2.05) is 39.2 Å². The van der Waals surface area contributed by atoms with Crippen LogP contribution in [0.1, 0.15) is 32.4 Å². The third kappa shape index (κ3) is 2.07. The van der Waals surface area contributed by atoms with Crippen molar-refractivity contribution >= 4 is 0 Å². The molecule has 0 radical (unpaired) electrons. The van der Waals surface area contributed by atoms with E-state index in [4.69, 9.17) is 0 Å². The first-order chi connectivity index (χ1) is 6.37. The Morgan fingerprint density at radius 1 is 1.31 bits per heavy atom. The average molecular weight is 178 g/mol. The monoisotopic (exact) mass is 178 g/mol. The molecule has 1 aliphatic carbocycles. The van der Waals surface area contributed by atoms with E-state index in [-0.39, 0.29) is 5.54 Å². The van der Waals surface area contributed by atoms with Gasteiger partial charge in [0, 0.05) is 6.20 Å². The summed E-state index contributed by atoms with van der Waals surface area (Å²) in [6.45, 7) is 4.00. The molecule has 0 amide bonds. The lowest BCUT2D eigenvalue weighted by molar-refractivity contribution is 0.567. The maximum absolute atomic E-state index is 4.32. The summed E-state index contributed by atoms with van der Waals surface area (Å²) in [4.78, 5) is 4.32. The summed E-state index contributed by atoms with van der Waals surface area (Å²) in [6, 6.07) is 6.08. The van der Waals surface area contributed by atoms with Crippen molar-refractivity contribution in [3.8, 4) is 0 Å². The Kier molecular flexibility index (Phi) is 3.43. The summed E-state index contributed by atoms with van der Waals surface area (Å²) in [5, 5.41) is 3.31. The molecule has 1 aromatic heterocycles. The van der Waals surface area contributed by atoms with Crippen LogP contribution in [0.25, 0.3) is 0 Å². The zero-order chi connectivity index (χ0) is 9.73. The van der Waals surface area contributed by atoms with E-state index in [9.17, 15) is 0 Å². The predicted molar refractivity (Wildman–Crippen MR) is 55.6 cm³/mol. The Labute approximate surface area is 80.4 Å². The van der Waals surface area contributed by atoms with E-state index < -0.39 is 0 Å². The van der Waals surface area contributed by atoms with Crippen LogP contribution in [0.2, 0.25) is 0 Å². The number of rotatable bonds is 2. The Morgan fingerprint density at radius 2 is 2.00 bits per heavy atom. The van der Waals surface area contributed by atoms with Crippen molar-refractivity contribution in [2.75, 3.05) is 7.05 Å². The van der Waals surface area contributed by atoms with E-state index >= 15 is 0 Å². The molecule has 2 nitrogen and oxygen atoms in total. The number of hydrogen-bond acceptors (Lipinski definition) is 2. The number of pyridine rings is 1. The van der Waals surface area contributed by atoms with Gasteiger partial charge in [0.1, 0.15) is 0 Å². The van der Waals surface area contributed by atoms with Crippen molar-refractivity contribution in [1.29, 1.82) is 0 Å². The molecule has 0 aromatic carbocycles. The molecule has 2 heteroatoms. The number of hydrogen-bond donors (Lipinski definition) is 1. The Bertz CT molecular complexity index is 240. The van der Waals surface area contributed by atoms with Crippen LogP contribution in [-0.4, -0.2) is 12.0 Å². The van der Waals surface area contributed by atoms with E-state index in [1.165, 1.54) is 18.5 Å². The van der Waals surface area contributed by atoms with E-state index in [0.717, 1.165) is 0 Å². The molecule has 1 fully saturated rings. The van der Waals surface area contributed by atoms with Crippen molar-refractivity contribution in [2.45, 2.75) is 32.2 Å². The van der Waals surface area contributed by atoms with Crippen LogP contribution in [-0.2, 0) is 5.54 Å². The minimum absolute atomic E-state index is 0.223. The van der Waals surface area contributed by atoms with Crippen molar-refractivity contribution in [1.82, 2.24) is 10.3 Å². The highest BCUT2D eigenvalue weighted by Gasteiger charge is 2.43. The average Bonchev–Trinajstić information content (AvgIpc) is 3.03. The molecule has 1 aromatic rings. The summed E-state index contributed by atoms with van der Waals surface area (Å²) in [7, 11) is 2.00. The molecule has 0 spiro atoms. The molecular weight excluding hydrogens is 160 g/mol. The van der Waals surface area contributed by atoms with E-state index in [1.54, 1.807) is 0 Å². The zero-order valence-electron chi connectivity index (χ0n) is 8.67. The molecule has 1 aliphatic rings. The van der Waals surface area contributed by atoms with Crippen molar-refractivity contribution in [3.63, 3.8) is 0 Å². The van der Waals surface area contributed by atoms with Gasteiger partial charge in [-0.3, -0.25) is 4.98 Å². The second kappa shape index (κ2) is 4.38. The minimum atomic E-state index is 0.223. The fraction of sp³-hybridized carbons (Fsp3) is 0.545. The van der Waals surface area contributed by atoms with Crippen LogP contribution in [0.4, 0.5) is 0 Å². The minimum Gasteiger partial charge on any atom is -0.309 e. The summed E-state index contributed by atoms with van der Waals surface area (Å²) in [6.07, 6.45) is 4.30. The van der Waals surface area contributed by atoms with Gasteiger partial charge in [-0.2, -0.15) is 0 Å². The second-order valence-corrected chi connectivity index (χ2v) is 3.05. The summed E-state index contributed by atoms with van der Waals surface area (Å²) in [5.41, 5.74) is 1.41. The van der Waals surface area contributed by atoms with Gasteiger partial charge in [-0.05, 0) is 32.0 Å². The molecule has 72 valence electrons. The number of aromatic nitrogens is 1. The van der Waals surface area contributed by atoms with Gasteiger partial charge < -0.3 is 5.32 Å². The van der Waals surface area contributed by atoms with Crippen LogP contribution in [0.3, 0.4) is 0 Å². The third-order valence-electron chi connectivity index (χ3n) is 2.38. The van der Waals surface area contributed by atoms with Gasteiger partial charge >= 0.3 is 0 Å². The molecule has 2 rings (SSSR count). The van der Waals surface area contributed by atoms with Gasteiger partial charge in [0.15, 0.2) is 0 Å². The highest BCUT2D eigenvalue weighted by molar-refractivity contribution is 5.22. The molecule has 1 heterocycles. The summed E-state index contributed by atoms with van der Waals surface area (Å²) < 4.78 is 0. The standard InChI is InChI=1S/C9H12N2.C2H6/c1-10-9(5-6-9)8-4-2-3-7-11-8;1-2/h2-4,7,10H,5-6H2,1H3;1-2H3. The molecule has 0 atom stereocenters. The normalized spacial score (nSPS) is 17.2. The van der Waals surface area contributed by atoms with Gasteiger partial charge in [0.05, 0.1) is 11.2 Å². The Morgan fingerprint density at radius 3 is 2.38 bits per heavy atom. The summed E-state index contributed by atoms with van der Waals surface area (Å²) >= 11 is 0. The largest absolute Gasteiger partial charge is 0.309 e. The fourth-order valence-electron chi connectivity index (χ4n) is 1.41. The van der Waals surface area contributed by atoms with Crippen molar-refractivity contribution in [3.05, 3.63) is 30.1 Å². The van der Waals surface area contributed by atoms with Gasteiger partial charge in [0.2, 0.25) is 0 Å². The first kappa shape index (κ1) is 10.2. The van der Waals surface area contributed by atoms with E-state index in [2.05, 4.69) is 16.4 Å². The summed E-state index contributed by atoms with van der Waals surface area (Å²) in [5.74, 6) is 0. The highest BCUT2D eigenvalue weighted by Crippen LogP contribution is 2.43. The number of nitrogens with one attached hydrogen (secondary N) is 1. The highest BCUT2D eigenvalue weighted by atomic mass is 15.0. The van der Waals surface area contributed by atoms with Gasteiger partial charge in [0.25, 0.3) is 0 Å². The van der Waals surface area contributed by atoms with Crippen LogP contribution >= 0.6 is 0 Å². The Balaban J connectivity index is 0.000000396. The second-order valence-electron chi connectivity index (χ2n) is 3.05. The molecule has 1 saturated carbocycles. The third-order valence-corrected chi connectivity index (χ3v) is 2.38. The maximum Gasteiger partial charge on any atom is 0.0607 e. The van der Waals surface area contributed by atoms with Crippen LogP contribution in [0.15, 0.2) is 24.4 Å². The smallest absolute Gasteiger partial charge is 0.0607 e. The Hall–Kier alpha value is -0.890. The predicted octanol–water partition coefficient (Wildman–Crippen LogP) is 2.32. The van der Waals surface area contributed by atoms with Crippen molar-refractivity contribution in [2.24, 2.45) is 0 Å². The molecule has 0 bridgehead atoms. The van der Waals surface area contributed by atoms with Crippen molar-refractivity contribution < 1.29 is 0 Å². The van der Waals surface area contributed by atoms with Crippen LogP contribution < -0.4 is 5.32 Å². The lowest BCUT2D eigenvalue weighted by Gasteiger charge is -2.11. The van der Waals surface area contributed by atoms with Gasteiger partial charge in [-0.1, -0.05) is 19.9 Å². The number of nitrogens with zero attached hydrogens (tertiary/aromatic N) is 1. The lowest BCUT2D eigenvalue weighted by atomic mass is 10.1. The molecule has 1 N–H and O–H groups in total. The SMILES string of the molecule is CC.CNC1(c2ccccn2)CC1. The fourth-order valence-corrected chi connectivity index (χ4v) is 1.41. The molecular formula is C11H18N2. The van der Waals surface area contributed by atoms with E-state index in [0.29, 0.717) is 0 Å². The van der Waals surface area contributed by atoms with Gasteiger partial charge in [-0.15, -0.1) is 0 Å². The van der Waals surface area contributed by atoms with Crippen LogP contribution in [0.5, 0.6) is 0 Å². The first-order valence-electron chi connectivity index (χ1n) is 4.98. The zero-order valence-corrected chi connectivity index (χ0v) is 8.67. The lowest BCUT2D eigenvalue weighted by Crippen LogP contribution is -2.25. The van der Waals surface area contributed by atoms with Crippen LogP contribution in [0, 0.1) is 0 Å². The molecule has 0 unspecified atom stereocenters. The molecule has 13 heavy (non-hydrogen) atoms. The van der Waals surface area contributed by atoms with Gasteiger partial charge in [-0.25, -0.2) is 0 Å².